The summed E-state index contributed by atoms with van der Waals surface area (Å²) in [6.45, 7) is 2.05. The summed E-state index contributed by atoms with van der Waals surface area (Å²) in [6, 6.07) is 0.365. The predicted molar refractivity (Wildman–Crippen MR) is 62.9 cm³/mol. The van der Waals surface area contributed by atoms with Crippen molar-refractivity contribution in [3.63, 3.8) is 0 Å². The fraction of sp³-hybridized carbons (Fsp3) is 0.769. The fourth-order valence-electron chi connectivity index (χ4n) is 3.37. The zero-order valence-electron chi connectivity index (χ0n) is 9.61. The molecule has 1 heterocycles. The molecule has 0 aromatic rings. The lowest BCUT2D eigenvalue weighted by molar-refractivity contribution is -0.126. The van der Waals surface area contributed by atoms with E-state index in [1.807, 2.05) is 0 Å². The zero-order chi connectivity index (χ0) is 11.0. The van der Waals surface area contributed by atoms with Crippen molar-refractivity contribution in [3.05, 3.63) is 12.2 Å². The van der Waals surface area contributed by atoms with Crippen molar-refractivity contribution in [2.45, 2.75) is 31.7 Å². The molecule has 1 amide bonds. The summed E-state index contributed by atoms with van der Waals surface area (Å²) >= 11 is 0. The maximum Gasteiger partial charge on any atom is 0.223 e. The lowest BCUT2D eigenvalue weighted by Gasteiger charge is -2.26. The molecule has 0 spiro atoms. The van der Waals surface area contributed by atoms with E-state index in [1.54, 1.807) is 0 Å². The predicted octanol–water partition coefficient (Wildman–Crippen LogP) is 1.07. The number of piperidine rings is 1. The van der Waals surface area contributed by atoms with Crippen LogP contribution in [-0.2, 0) is 4.79 Å². The first-order valence-corrected chi connectivity index (χ1v) is 6.52. The van der Waals surface area contributed by atoms with Gasteiger partial charge in [0.2, 0.25) is 5.91 Å². The smallest absolute Gasteiger partial charge is 0.223 e. The van der Waals surface area contributed by atoms with Crippen LogP contribution in [0.5, 0.6) is 0 Å². The molecule has 1 saturated carbocycles. The van der Waals surface area contributed by atoms with Crippen molar-refractivity contribution in [2.75, 3.05) is 13.1 Å². The van der Waals surface area contributed by atoms with Gasteiger partial charge in [-0.15, -0.1) is 0 Å². The molecule has 0 radical (unpaired) electrons. The van der Waals surface area contributed by atoms with Gasteiger partial charge in [0.25, 0.3) is 0 Å². The number of hydrogen-bond donors (Lipinski definition) is 2. The standard InChI is InChI=1S/C13H20N2O/c16-13(15-11-2-1-5-14-8-11)12-7-9-3-4-10(12)6-9/h3-4,9-12,14H,1-2,5-8H2,(H,15,16). The minimum absolute atomic E-state index is 0.261. The quantitative estimate of drug-likeness (QED) is 0.683. The van der Waals surface area contributed by atoms with Gasteiger partial charge in [-0.1, -0.05) is 12.2 Å². The number of hydrogen-bond acceptors (Lipinski definition) is 2. The zero-order valence-corrected chi connectivity index (χ0v) is 9.61. The van der Waals surface area contributed by atoms with E-state index in [0.717, 1.165) is 25.9 Å². The molecule has 4 atom stereocenters. The van der Waals surface area contributed by atoms with Crippen molar-refractivity contribution in [1.82, 2.24) is 10.6 Å². The summed E-state index contributed by atoms with van der Waals surface area (Å²) < 4.78 is 0. The SMILES string of the molecule is O=C(NC1CCCNC1)C1CC2C=CC1C2. The highest BCUT2D eigenvalue weighted by Crippen LogP contribution is 2.43. The van der Waals surface area contributed by atoms with Crippen LogP contribution in [0.1, 0.15) is 25.7 Å². The molecule has 1 saturated heterocycles. The van der Waals surface area contributed by atoms with Gasteiger partial charge < -0.3 is 10.6 Å². The number of rotatable bonds is 2. The summed E-state index contributed by atoms with van der Waals surface area (Å²) in [7, 11) is 0. The number of nitrogens with one attached hydrogen (secondary N) is 2. The number of allylic oxidation sites excluding steroid dienone is 2. The number of carbonyl (C=O) groups excluding carboxylic acids is 1. The Labute approximate surface area is 96.7 Å². The highest BCUT2D eigenvalue weighted by Gasteiger charge is 2.40. The van der Waals surface area contributed by atoms with Crippen molar-refractivity contribution in [3.8, 4) is 0 Å². The van der Waals surface area contributed by atoms with E-state index in [4.69, 9.17) is 0 Å². The number of fused-ring (bicyclic) bond motifs is 2. The van der Waals surface area contributed by atoms with Gasteiger partial charge in [0.1, 0.15) is 0 Å². The molecule has 0 aromatic heterocycles. The topological polar surface area (TPSA) is 41.1 Å². The third-order valence-electron chi connectivity index (χ3n) is 4.26. The van der Waals surface area contributed by atoms with Gasteiger partial charge in [-0.05, 0) is 44.1 Å². The van der Waals surface area contributed by atoms with E-state index in [0.29, 0.717) is 23.8 Å². The molecular weight excluding hydrogens is 200 g/mol. The summed E-state index contributed by atoms with van der Waals surface area (Å²) in [5, 5.41) is 6.55. The first-order valence-electron chi connectivity index (χ1n) is 6.52. The lowest BCUT2D eigenvalue weighted by Crippen LogP contribution is -2.47. The summed E-state index contributed by atoms with van der Waals surface area (Å²) in [4.78, 5) is 12.1. The first kappa shape index (κ1) is 10.3. The Morgan fingerprint density at radius 3 is 2.88 bits per heavy atom. The fourth-order valence-corrected chi connectivity index (χ4v) is 3.37. The molecule has 16 heavy (non-hydrogen) atoms. The Balaban J connectivity index is 1.55. The third-order valence-corrected chi connectivity index (χ3v) is 4.26. The third kappa shape index (κ3) is 1.88. The molecule has 2 N–H and O–H groups in total. The maximum absolute atomic E-state index is 12.1. The first-order chi connectivity index (χ1) is 7.83. The molecule has 0 aromatic carbocycles. The van der Waals surface area contributed by atoms with Crippen molar-refractivity contribution in [1.29, 1.82) is 0 Å². The minimum atomic E-state index is 0.261. The van der Waals surface area contributed by atoms with Crippen LogP contribution in [0.15, 0.2) is 12.2 Å². The second-order valence-corrected chi connectivity index (χ2v) is 5.44. The van der Waals surface area contributed by atoms with E-state index in [9.17, 15) is 4.79 Å². The van der Waals surface area contributed by atoms with E-state index in [2.05, 4.69) is 22.8 Å². The van der Waals surface area contributed by atoms with Gasteiger partial charge in [0, 0.05) is 18.5 Å². The molecular formula is C13H20N2O. The Morgan fingerprint density at radius 2 is 2.25 bits per heavy atom. The molecule has 1 aliphatic heterocycles. The van der Waals surface area contributed by atoms with Crippen molar-refractivity contribution in [2.24, 2.45) is 17.8 Å². The molecule has 2 aliphatic carbocycles. The monoisotopic (exact) mass is 220 g/mol. The largest absolute Gasteiger partial charge is 0.352 e. The molecule has 3 nitrogen and oxygen atoms in total. The Kier molecular flexibility index (Phi) is 2.72. The van der Waals surface area contributed by atoms with Crippen LogP contribution in [0.2, 0.25) is 0 Å². The van der Waals surface area contributed by atoms with Crippen molar-refractivity contribution < 1.29 is 4.79 Å². The van der Waals surface area contributed by atoms with Gasteiger partial charge in [-0.3, -0.25) is 4.79 Å². The van der Waals surface area contributed by atoms with Crippen LogP contribution in [0.3, 0.4) is 0 Å². The van der Waals surface area contributed by atoms with Crippen LogP contribution in [0, 0.1) is 17.8 Å². The summed E-state index contributed by atoms with van der Waals surface area (Å²) in [6.07, 6.45) is 9.14. The molecule has 88 valence electrons. The number of carbonyl (C=O) groups is 1. The van der Waals surface area contributed by atoms with Gasteiger partial charge in [-0.2, -0.15) is 0 Å². The van der Waals surface area contributed by atoms with Gasteiger partial charge in [0.15, 0.2) is 0 Å². The van der Waals surface area contributed by atoms with Crippen LogP contribution >= 0.6 is 0 Å². The summed E-state index contributed by atoms with van der Waals surface area (Å²) in [5.74, 6) is 1.77. The molecule has 4 unspecified atom stereocenters. The number of amides is 1. The average molecular weight is 220 g/mol. The van der Waals surface area contributed by atoms with Gasteiger partial charge in [0.05, 0.1) is 0 Å². The van der Waals surface area contributed by atoms with Crippen molar-refractivity contribution >= 4 is 5.91 Å². The summed E-state index contributed by atoms with van der Waals surface area (Å²) in [5.41, 5.74) is 0. The highest BCUT2D eigenvalue weighted by atomic mass is 16.2. The highest BCUT2D eigenvalue weighted by molar-refractivity contribution is 5.80. The Bertz CT molecular complexity index is 307. The van der Waals surface area contributed by atoms with Crippen LogP contribution in [0.25, 0.3) is 0 Å². The molecule has 3 aliphatic rings. The van der Waals surface area contributed by atoms with E-state index >= 15 is 0 Å². The van der Waals surface area contributed by atoms with Crippen LogP contribution < -0.4 is 10.6 Å². The van der Waals surface area contributed by atoms with E-state index in [1.165, 1.54) is 12.8 Å². The molecule has 2 bridgehead atoms. The van der Waals surface area contributed by atoms with Crippen LogP contribution in [-0.4, -0.2) is 25.0 Å². The Hall–Kier alpha value is -0.830. The van der Waals surface area contributed by atoms with E-state index < -0.39 is 0 Å². The normalized spacial score (nSPS) is 41.2. The minimum Gasteiger partial charge on any atom is -0.352 e. The lowest BCUT2D eigenvalue weighted by atomic mass is 9.92. The van der Waals surface area contributed by atoms with Gasteiger partial charge in [-0.25, -0.2) is 0 Å². The van der Waals surface area contributed by atoms with E-state index in [-0.39, 0.29) is 5.92 Å². The van der Waals surface area contributed by atoms with Crippen LogP contribution in [0.4, 0.5) is 0 Å². The second-order valence-electron chi connectivity index (χ2n) is 5.44. The second kappa shape index (κ2) is 4.21. The van der Waals surface area contributed by atoms with Gasteiger partial charge >= 0.3 is 0 Å². The molecule has 3 heteroatoms. The molecule has 3 rings (SSSR count). The average Bonchev–Trinajstić information content (AvgIpc) is 2.92. The Morgan fingerprint density at radius 1 is 1.31 bits per heavy atom. The molecule has 2 fully saturated rings. The maximum atomic E-state index is 12.1.